The van der Waals surface area contributed by atoms with Crippen LogP contribution < -0.4 is 0 Å². The van der Waals surface area contributed by atoms with Crippen LogP contribution in [0.3, 0.4) is 0 Å². The Morgan fingerprint density at radius 1 is 0.714 bits per heavy atom. The number of ketones is 1. The maximum atomic E-state index is 12.6. The first kappa shape index (κ1) is 20.7. The molecule has 0 heterocycles. The Bertz CT molecular complexity index is 249. The molecule has 0 saturated carbocycles. The summed E-state index contributed by atoms with van der Waals surface area (Å²) in [7, 11) is 0. The number of unbranched alkanes of at least 4 members (excludes halogenated alkanes) is 8. The summed E-state index contributed by atoms with van der Waals surface area (Å²) in [4.78, 5) is 12.6. The fourth-order valence-corrected chi connectivity index (χ4v) is 3.01. The van der Waals surface area contributed by atoms with Crippen LogP contribution >= 0.6 is 0 Å². The zero-order valence-corrected chi connectivity index (χ0v) is 15.5. The van der Waals surface area contributed by atoms with E-state index in [0.717, 1.165) is 12.8 Å². The zero-order valence-electron chi connectivity index (χ0n) is 15.5. The quantitative estimate of drug-likeness (QED) is 0.336. The fourth-order valence-electron chi connectivity index (χ4n) is 3.01. The van der Waals surface area contributed by atoms with Gasteiger partial charge in [-0.1, -0.05) is 98.8 Å². The topological polar surface area (TPSA) is 17.1 Å². The lowest BCUT2D eigenvalue weighted by molar-refractivity contribution is -0.131. The Hall–Kier alpha value is -0.330. The van der Waals surface area contributed by atoms with E-state index in [9.17, 15) is 4.79 Å². The van der Waals surface area contributed by atoms with Crippen LogP contribution in [0, 0.1) is 11.3 Å². The summed E-state index contributed by atoms with van der Waals surface area (Å²) in [5.41, 5.74) is -0.169. The lowest BCUT2D eigenvalue weighted by atomic mass is 9.78. The van der Waals surface area contributed by atoms with Gasteiger partial charge in [0.25, 0.3) is 0 Å². The molecule has 0 aromatic carbocycles. The van der Waals surface area contributed by atoms with Crippen molar-refractivity contribution in [2.45, 2.75) is 112 Å². The van der Waals surface area contributed by atoms with Gasteiger partial charge >= 0.3 is 0 Å². The standard InChI is InChI=1S/C20H40O/c1-6-8-10-12-13-15-17-18(16-14-11-9-7-2)19(21)20(3,4)5/h18H,6-17H2,1-5H3. The van der Waals surface area contributed by atoms with Gasteiger partial charge in [-0.15, -0.1) is 0 Å². The predicted octanol–water partition coefficient (Wildman–Crippen LogP) is 6.94. The van der Waals surface area contributed by atoms with Gasteiger partial charge in [-0.05, 0) is 12.8 Å². The summed E-state index contributed by atoms with van der Waals surface area (Å²) < 4.78 is 0. The first-order chi connectivity index (χ1) is 9.93. The highest BCUT2D eigenvalue weighted by Crippen LogP contribution is 2.28. The van der Waals surface area contributed by atoms with Gasteiger partial charge in [0.15, 0.2) is 0 Å². The average Bonchev–Trinajstić information content (AvgIpc) is 2.43. The van der Waals surface area contributed by atoms with Crippen molar-refractivity contribution in [3.05, 3.63) is 0 Å². The van der Waals surface area contributed by atoms with Gasteiger partial charge in [0, 0.05) is 11.3 Å². The first-order valence-electron chi connectivity index (χ1n) is 9.47. The Morgan fingerprint density at radius 2 is 1.10 bits per heavy atom. The molecule has 0 aliphatic heterocycles. The smallest absolute Gasteiger partial charge is 0.141 e. The number of hydrogen-bond donors (Lipinski definition) is 0. The van der Waals surface area contributed by atoms with Gasteiger partial charge in [0.1, 0.15) is 5.78 Å². The van der Waals surface area contributed by atoms with Gasteiger partial charge in [-0.3, -0.25) is 4.79 Å². The highest BCUT2D eigenvalue weighted by atomic mass is 16.1. The largest absolute Gasteiger partial charge is 0.299 e. The molecule has 0 rings (SSSR count). The molecule has 126 valence electrons. The molecular weight excluding hydrogens is 256 g/mol. The lowest BCUT2D eigenvalue weighted by Crippen LogP contribution is -2.28. The molecule has 0 amide bonds. The van der Waals surface area contributed by atoms with Crippen LogP contribution in [0.15, 0.2) is 0 Å². The van der Waals surface area contributed by atoms with Crippen molar-refractivity contribution >= 4 is 5.78 Å². The summed E-state index contributed by atoms with van der Waals surface area (Å²) >= 11 is 0. The second kappa shape index (κ2) is 12.2. The van der Waals surface area contributed by atoms with E-state index < -0.39 is 0 Å². The fraction of sp³-hybridized carbons (Fsp3) is 0.950. The molecular formula is C20H40O. The van der Waals surface area contributed by atoms with Gasteiger partial charge in [-0.25, -0.2) is 0 Å². The molecule has 1 heteroatoms. The number of carbonyl (C=O) groups is 1. The van der Waals surface area contributed by atoms with Crippen molar-refractivity contribution in [1.82, 2.24) is 0 Å². The summed E-state index contributed by atoms with van der Waals surface area (Å²) in [5, 5.41) is 0. The average molecular weight is 297 g/mol. The Kier molecular flexibility index (Phi) is 12.0. The molecule has 1 nitrogen and oxygen atoms in total. The Labute approximate surface area is 134 Å². The van der Waals surface area contributed by atoms with Crippen LogP contribution in [-0.2, 0) is 4.79 Å². The number of carbonyl (C=O) groups excluding carboxylic acids is 1. The van der Waals surface area contributed by atoms with Gasteiger partial charge in [-0.2, -0.15) is 0 Å². The minimum absolute atomic E-state index is 0.169. The van der Waals surface area contributed by atoms with E-state index in [4.69, 9.17) is 0 Å². The van der Waals surface area contributed by atoms with E-state index in [0.29, 0.717) is 11.7 Å². The molecule has 0 saturated heterocycles. The molecule has 0 fully saturated rings. The molecule has 21 heavy (non-hydrogen) atoms. The summed E-state index contributed by atoms with van der Waals surface area (Å²) in [6, 6.07) is 0. The molecule has 0 N–H and O–H groups in total. The third-order valence-electron chi connectivity index (χ3n) is 4.42. The molecule has 0 aromatic rings. The summed E-state index contributed by atoms with van der Waals surface area (Å²) in [5.74, 6) is 0.806. The molecule has 0 bridgehead atoms. The van der Waals surface area contributed by atoms with E-state index in [-0.39, 0.29) is 5.41 Å². The maximum absolute atomic E-state index is 12.6. The monoisotopic (exact) mass is 296 g/mol. The molecule has 1 unspecified atom stereocenters. The normalized spacial score (nSPS) is 13.4. The van der Waals surface area contributed by atoms with E-state index >= 15 is 0 Å². The van der Waals surface area contributed by atoms with E-state index in [2.05, 4.69) is 34.6 Å². The van der Waals surface area contributed by atoms with Crippen molar-refractivity contribution < 1.29 is 4.79 Å². The molecule has 0 aliphatic rings. The van der Waals surface area contributed by atoms with Crippen molar-refractivity contribution in [1.29, 1.82) is 0 Å². The number of rotatable bonds is 13. The predicted molar refractivity (Wildman–Crippen MR) is 94.7 cm³/mol. The third kappa shape index (κ3) is 11.0. The molecule has 1 atom stereocenters. The minimum Gasteiger partial charge on any atom is -0.299 e. The maximum Gasteiger partial charge on any atom is 0.141 e. The van der Waals surface area contributed by atoms with Crippen molar-refractivity contribution in [3.8, 4) is 0 Å². The Morgan fingerprint density at radius 3 is 1.52 bits per heavy atom. The Balaban J connectivity index is 4.10. The van der Waals surface area contributed by atoms with Gasteiger partial charge < -0.3 is 0 Å². The molecule has 0 radical (unpaired) electrons. The highest BCUT2D eigenvalue weighted by Gasteiger charge is 2.28. The SMILES string of the molecule is CCCCCCCCC(CCCCCC)C(=O)C(C)(C)C. The minimum atomic E-state index is -0.169. The highest BCUT2D eigenvalue weighted by molar-refractivity contribution is 5.85. The first-order valence-corrected chi connectivity index (χ1v) is 9.47. The van der Waals surface area contributed by atoms with Crippen molar-refractivity contribution in [2.75, 3.05) is 0 Å². The third-order valence-corrected chi connectivity index (χ3v) is 4.42. The second-order valence-electron chi connectivity index (χ2n) is 7.72. The van der Waals surface area contributed by atoms with Crippen molar-refractivity contribution in [2.24, 2.45) is 11.3 Å². The van der Waals surface area contributed by atoms with Gasteiger partial charge in [0.2, 0.25) is 0 Å². The number of Topliss-reactive ketones (excluding diaryl/α,β-unsaturated/α-hetero) is 1. The second-order valence-corrected chi connectivity index (χ2v) is 7.72. The van der Waals surface area contributed by atoms with Crippen LogP contribution in [-0.4, -0.2) is 5.78 Å². The van der Waals surface area contributed by atoms with Crippen LogP contribution in [0.4, 0.5) is 0 Å². The lowest BCUT2D eigenvalue weighted by Gasteiger charge is -2.24. The zero-order chi connectivity index (χ0) is 16.1. The molecule has 0 aromatic heterocycles. The summed E-state index contributed by atoms with van der Waals surface area (Å²) in [6.07, 6.45) is 15.3. The number of hydrogen-bond acceptors (Lipinski definition) is 1. The van der Waals surface area contributed by atoms with Crippen molar-refractivity contribution in [3.63, 3.8) is 0 Å². The van der Waals surface area contributed by atoms with E-state index in [1.807, 2.05) is 0 Å². The van der Waals surface area contributed by atoms with Gasteiger partial charge in [0.05, 0.1) is 0 Å². The molecule has 0 aliphatic carbocycles. The summed E-state index contributed by atoms with van der Waals surface area (Å²) in [6.45, 7) is 10.7. The van der Waals surface area contributed by atoms with Crippen LogP contribution in [0.1, 0.15) is 112 Å². The van der Waals surface area contributed by atoms with E-state index in [1.54, 1.807) is 0 Å². The molecule has 0 spiro atoms. The van der Waals surface area contributed by atoms with Crippen LogP contribution in [0.5, 0.6) is 0 Å². The van der Waals surface area contributed by atoms with Crippen LogP contribution in [0.25, 0.3) is 0 Å². The van der Waals surface area contributed by atoms with Crippen LogP contribution in [0.2, 0.25) is 0 Å². The van der Waals surface area contributed by atoms with E-state index in [1.165, 1.54) is 64.2 Å².